The molecule has 1 saturated heterocycles. The van der Waals surface area contributed by atoms with Gasteiger partial charge in [0.1, 0.15) is 6.04 Å². The summed E-state index contributed by atoms with van der Waals surface area (Å²) in [6.07, 6.45) is 3.58. The fourth-order valence-corrected chi connectivity index (χ4v) is 2.41. The van der Waals surface area contributed by atoms with E-state index in [-0.39, 0.29) is 12.3 Å². The van der Waals surface area contributed by atoms with Crippen LogP contribution in [0.25, 0.3) is 5.82 Å². The van der Waals surface area contributed by atoms with Crippen LogP contribution in [0.4, 0.5) is 0 Å². The van der Waals surface area contributed by atoms with Crippen LogP contribution in [0.15, 0.2) is 30.6 Å². The number of rotatable bonds is 3. The summed E-state index contributed by atoms with van der Waals surface area (Å²) in [5, 5.41) is 9.01. The Morgan fingerprint density at radius 1 is 1.39 bits per heavy atom. The predicted molar refractivity (Wildman–Crippen MR) is 79.7 cm³/mol. The zero-order valence-electron chi connectivity index (χ0n) is 12.4. The van der Waals surface area contributed by atoms with Crippen LogP contribution in [0, 0.1) is 6.92 Å². The van der Waals surface area contributed by atoms with Gasteiger partial charge in [-0.3, -0.25) is 19.7 Å². The standard InChI is InChI=1S/C15H15N5O3/c1-9-10(8-17-20(9)12-4-2-3-7-16-12)14(22)18-11-5-6-13(21)19-15(11)23/h2-4,7-8,11H,5-6H2,1H3,(H,18,22)(H,19,21,23). The Morgan fingerprint density at radius 3 is 2.91 bits per heavy atom. The SMILES string of the molecule is Cc1c(C(=O)NC2CCC(=O)NC2=O)cnn1-c1ccccn1. The Bertz CT molecular complexity index is 769. The van der Waals surface area contributed by atoms with Gasteiger partial charge in [0.05, 0.1) is 17.5 Å². The van der Waals surface area contributed by atoms with E-state index >= 15 is 0 Å². The molecule has 1 unspecified atom stereocenters. The van der Waals surface area contributed by atoms with Gasteiger partial charge >= 0.3 is 0 Å². The number of aromatic nitrogens is 3. The average Bonchev–Trinajstić information content (AvgIpc) is 2.92. The number of nitrogens with one attached hydrogen (secondary N) is 2. The van der Waals surface area contributed by atoms with Gasteiger partial charge in [-0.15, -0.1) is 0 Å². The zero-order chi connectivity index (χ0) is 16.4. The molecule has 8 heteroatoms. The summed E-state index contributed by atoms with van der Waals surface area (Å²) < 4.78 is 1.55. The van der Waals surface area contributed by atoms with E-state index in [1.807, 2.05) is 6.07 Å². The van der Waals surface area contributed by atoms with Crippen LogP contribution in [0.5, 0.6) is 0 Å². The number of hydrogen-bond donors (Lipinski definition) is 2. The summed E-state index contributed by atoms with van der Waals surface area (Å²) in [4.78, 5) is 39.4. The van der Waals surface area contributed by atoms with E-state index < -0.39 is 17.9 Å². The second-order valence-electron chi connectivity index (χ2n) is 5.22. The van der Waals surface area contributed by atoms with E-state index in [1.54, 1.807) is 29.9 Å². The van der Waals surface area contributed by atoms with Gasteiger partial charge in [0.25, 0.3) is 5.91 Å². The minimum Gasteiger partial charge on any atom is -0.340 e. The molecule has 1 fully saturated rings. The maximum Gasteiger partial charge on any atom is 0.255 e. The summed E-state index contributed by atoms with van der Waals surface area (Å²) in [7, 11) is 0. The van der Waals surface area contributed by atoms with Gasteiger partial charge < -0.3 is 5.32 Å². The summed E-state index contributed by atoms with van der Waals surface area (Å²) in [6.45, 7) is 1.75. The molecule has 2 aromatic rings. The fourth-order valence-electron chi connectivity index (χ4n) is 2.41. The van der Waals surface area contributed by atoms with Gasteiger partial charge in [-0.05, 0) is 25.5 Å². The first-order valence-corrected chi connectivity index (χ1v) is 7.17. The van der Waals surface area contributed by atoms with Crippen LogP contribution in [0.3, 0.4) is 0 Å². The molecule has 3 rings (SSSR count). The maximum atomic E-state index is 12.4. The van der Waals surface area contributed by atoms with Crippen molar-refractivity contribution in [3.63, 3.8) is 0 Å². The normalized spacial score (nSPS) is 17.7. The van der Waals surface area contributed by atoms with E-state index in [2.05, 4.69) is 20.7 Å². The second kappa shape index (κ2) is 5.99. The number of carbonyl (C=O) groups excluding carboxylic acids is 3. The Morgan fingerprint density at radius 2 is 2.22 bits per heavy atom. The first-order chi connectivity index (χ1) is 11.1. The van der Waals surface area contributed by atoms with E-state index in [4.69, 9.17) is 0 Å². The van der Waals surface area contributed by atoms with Gasteiger partial charge in [-0.25, -0.2) is 9.67 Å². The van der Waals surface area contributed by atoms with Crippen molar-refractivity contribution in [1.29, 1.82) is 0 Å². The van der Waals surface area contributed by atoms with E-state index in [1.165, 1.54) is 6.20 Å². The number of nitrogens with zero attached hydrogens (tertiary/aromatic N) is 3. The number of hydrogen-bond acceptors (Lipinski definition) is 5. The molecular formula is C15H15N5O3. The Labute approximate surface area is 131 Å². The molecule has 0 saturated carbocycles. The molecule has 118 valence electrons. The third-order valence-electron chi connectivity index (χ3n) is 3.67. The monoisotopic (exact) mass is 313 g/mol. The van der Waals surface area contributed by atoms with Gasteiger partial charge in [0.15, 0.2) is 5.82 Å². The number of amides is 3. The molecule has 1 aliphatic heterocycles. The third-order valence-corrected chi connectivity index (χ3v) is 3.67. The van der Waals surface area contributed by atoms with Crippen LogP contribution in [-0.2, 0) is 9.59 Å². The van der Waals surface area contributed by atoms with Crippen molar-refractivity contribution >= 4 is 17.7 Å². The first kappa shape index (κ1) is 14.9. The van der Waals surface area contributed by atoms with Crippen molar-refractivity contribution in [2.75, 3.05) is 0 Å². The van der Waals surface area contributed by atoms with Crippen molar-refractivity contribution in [3.05, 3.63) is 41.9 Å². The number of carbonyl (C=O) groups is 3. The van der Waals surface area contributed by atoms with Crippen LogP contribution in [-0.4, -0.2) is 38.5 Å². The van der Waals surface area contributed by atoms with Crippen LogP contribution >= 0.6 is 0 Å². The van der Waals surface area contributed by atoms with Gasteiger partial charge in [0, 0.05) is 12.6 Å². The lowest BCUT2D eigenvalue weighted by Crippen LogP contribution is -2.52. The molecule has 3 heterocycles. The van der Waals surface area contributed by atoms with Crippen LogP contribution in [0.2, 0.25) is 0 Å². The smallest absolute Gasteiger partial charge is 0.255 e. The molecule has 0 spiro atoms. The van der Waals surface area contributed by atoms with Crippen molar-refractivity contribution in [3.8, 4) is 5.82 Å². The number of imide groups is 1. The molecule has 2 N–H and O–H groups in total. The van der Waals surface area contributed by atoms with Gasteiger partial charge in [-0.1, -0.05) is 6.07 Å². The molecule has 0 radical (unpaired) electrons. The predicted octanol–water partition coefficient (Wildman–Crippen LogP) is 0.111. The van der Waals surface area contributed by atoms with Crippen molar-refractivity contribution in [2.24, 2.45) is 0 Å². The van der Waals surface area contributed by atoms with Gasteiger partial charge in [0.2, 0.25) is 11.8 Å². The molecule has 23 heavy (non-hydrogen) atoms. The Kier molecular flexibility index (Phi) is 3.88. The summed E-state index contributed by atoms with van der Waals surface area (Å²) >= 11 is 0. The average molecular weight is 313 g/mol. The summed E-state index contributed by atoms with van der Waals surface area (Å²) in [5.41, 5.74) is 0.980. The lowest BCUT2D eigenvalue weighted by atomic mass is 10.1. The van der Waals surface area contributed by atoms with Crippen LogP contribution in [0.1, 0.15) is 28.9 Å². The molecule has 1 atom stereocenters. The zero-order valence-corrected chi connectivity index (χ0v) is 12.4. The van der Waals surface area contributed by atoms with Gasteiger partial charge in [-0.2, -0.15) is 5.10 Å². The largest absolute Gasteiger partial charge is 0.340 e. The van der Waals surface area contributed by atoms with E-state index in [9.17, 15) is 14.4 Å². The van der Waals surface area contributed by atoms with E-state index in [0.717, 1.165) is 0 Å². The molecule has 0 aliphatic carbocycles. The Balaban J connectivity index is 1.77. The molecular weight excluding hydrogens is 298 g/mol. The molecule has 0 aromatic carbocycles. The highest BCUT2D eigenvalue weighted by atomic mass is 16.2. The maximum absolute atomic E-state index is 12.4. The molecule has 0 bridgehead atoms. The molecule has 2 aromatic heterocycles. The second-order valence-corrected chi connectivity index (χ2v) is 5.22. The lowest BCUT2D eigenvalue weighted by molar-refractivity contribution is -0.134. The highest BCUT2D eigenvalue weighted by Crippen LogP contribution is 2.13. The molecule has 3 amide bonds. The van der Waals surface area contributed by atoms with Crippen molar-refractivity contribution in [1.82, 2.24) is 25.4 Å². The minimum absolute atomic E-state index is 0.211. The lowest BCUT2D eigenvalue weighted by Gasteiger charge is -2.21. The summed E-state index contributed by atoms with van der Waals surface area (Å²) in [5.74, 6) is -0.603. The van der Waals surface area contributed by atoms with Crippen molar-refractivity contribution < 1.29 is 14.4 Å². The minimum atomic E-state index is -0.710. The quantitative estimate of drug-likeness (QED) is 0.782. The molecule has 8 nitrogen and oxygen atoms in total. The third kappa shape index (κ3) is 2.96. The highest BCUT2D eigenvalue weighted by Gasteiger charge is 2.29. The Hall–Kier alpha value is -3.03. The number of piperidine rings is 1. The molecule has 1 aliphatic rings. The first-order valence-electron chi connectivity index (χ1n) is 7.17. The number of pyridine rings is 1. The van der Waals surface area contributed by atoms with E-state index in [0.29, 0.717) is 23.5 Å². The topological polar surface area (TPSA) is 106 Å². The highest BCUT2D eigenvalue weighted by molar-refractivity contribution is 6.04. The summed E-state index contributed by atoms with van der Waals surface area (Å²) in [6, 6.07) is 4.69. The van der Waals surface area contributed by atoms with Crippen molar-refractivity contribution in [2.45, 2.75) is 25.8 Å². The fraction of sp³-hybridized carbons (Fsp3) is 0.267. The van der Waals surface area contributed by atoms with Crippen LogP contribution < -0.4 is 10.6 Å².